The summed E-state index contributed by atoms with van der Waals surface area (Å²) in [6.45, 7) is 2.19. The van der Waals surface area contributed by atoms with Crippen LogP contribution < -0.4 is 11.3 Å². The van der Waals surface area contributed by atoms with E-state index in [0.717, 1.165) is 27.8 Å². The van der Waals surface area contributed by atoms with Gasteiger partial charge in [-0.25, -0.2) is 0 Å². The van der Waals surface area contributed by atoms with Gasteiger partial charge >= 0.3 is 0 Å². The van der Waals surface area contributed by atoms with Crippen LogP contribution in [-0.2, 0) is 13.0 Å². The highest BCUT2D eigenvalue weighted by atomic mass is 16.3. The lowest BCUT2D eigenvalue weighted by Gasteiger charge is -2.11. The van der Waals surface area contributed by atoms with Crippen molar-refractivity contribution in [3.63, 3.8) is 0 Å². The largest absolute Gasteiger partial charge is 0.396 e. The normalized spacial score (nSPS) is 11.6. The first-order chi connectivity index (χ1) is 9.69. The Bertz CT molecular complexity index is 846. The molecule has 2 aromatic heterocycles. The van der Waals surface area contributed by atoms with E-state index in [4.69, 9.17) is 5.73 Å². The van der Waals surface area contributed by atoms with Gasteiger partial charge in [0.2, 0.25) is 0 Å². The fraction of sp³-hybridized carbons (Fsp3) is 0.267. The van der Waals surface area contributed by atoms with Crippen molar-refractivity contribution in [3.8, 4) is 0 Å². The standard InChI is InChI=1S/C15H17N3O2/c1-9-10(6-7-19)15(20)18-13-5-3-2-4-12(13)17-14(18)11(9)8-16/h2-5,17,19H,6-8,16H2,1H3. The number of aromatic nitrogens is 2. The smallest absolute Gasteiger partial charge is 0.260 e. The SMILES string of the molecule is Cc1c(CCO)c(=O)n2c([nH]c3ccccc32)c1CN. The van der Waals surface area contributed by atoms with Crippen LogP contribution in [0.2, 0.25) is 0 Å². The van der Waals surface area contributed by atoms with Crippen molar-refractivity contribution in [2.75, 3.05) is 6.61 Å². The van der Waals surface area contributed by atoms with E-state index in [0.29, 0.717) is 18.5 Å². The molecule has 3 rings (SSSR count). The van der Waals surface area contributed by atoms with E-state index in [1.54, 1.807) is 4.40 Å². The van der Waals surface area contributed by atoms with Crippen LogP contribution >= 0.6 is 0 Å². The van der Waals surface area contributed by atoms with E-state index in [1.807, 2.05) is 31.2 Å². The third-order valence-electron chi connectivity index (χ3n) is 3.84. The molecular weight excluding hydrogens is 254 g/mol. The van der Waals surface area contributed by atoms with Crippen molar-refractivity contribution in [1.29, 1.82) is 0 Å². The van der Waals surface area contributed by atoms with Crippen molar-refractivity contribution in [2.24, 2.45) is 5.73 Å². The minimum atomic E-state index is -0.0822. The molecule has 0 unspecified atom stereocenters. The molecule has 0 spiro atoms. The number of nitrogens with one attached hydrogen (secondary N) is 1. The predicted octanol–water partition coefficient (Wildman–Crippen LogP) is 1.08. The Morgan fingerprint density at radius 1 is 1.30 bits per heavy atom. The Labute approximate surface area is 115 Å². The summed E-state index contributed by atoms with van der Waals surface area (Å²) in [7, 11) is 0. The molecule has 0 aliphatic rings. The molecule has 3 aromatic rings. The molecule has 0 radical (unpaired) electrons. The van der Waals surface area contributed by atoms with Crippen molar-refractivity contribution in [2.45, 2.75) is 19.9 Å². The number of nitrogens with two attached hydrogens (primary N) is 1. The molecule has 5 nitrogen and oxygen atoms in total. The summed E-state index contributed by atoms with van der Waals surface area (Å²) in [5.74, 6) is 0. The maximum atomic E-state index is 12.7. The number of aliphatic hydroxyl groups excluding tert-OH is 1. The zero-order valence-corrected chi connectivity index (χ0v) is 11.3. The highest BCUT2D eigenvalue weighted by Crippen LogP contribution is 2.21. The van der Waals surface area contributed by atoms with Crippen LogP contribution in [0.25, 0.3) is 16.7 Å². The van der Waals surface area contributed by atoms with Gasteiger partial charge in [-0.1, -0.05) is 12.1 Å². The highest BCUT2D eigenvalue weighted by Gasteiger charge is 2.16. The molecule has 0 bridgehead atoms. The molecule has 1 aromatic carbocycles. The molecule has 104 valence electrons. The third kappa shape index (κ3) is 1.67. The number of hydrogen-bond acceptors (Lipinski definition) is 3. The molecule has 4 N–H and O–H groups in total. The van der Waals surface area contributed by atoms with Crippen molar-refractivity contribution in [3.05, 3.63) is 51.3 Å². The molecule has 0 amide bonds. The minimum absolute atomic E-state index is 0.0471. The summed E-state index contributed by atoms with van der Waals surface area (Å²) in [5.41, 5.74) is 10.7. The van der Waals surface area contributed by atoms with E-state index in [1.165, 1.54) is 0 Å². The van der Waals surface area contributed by atoms with Crippen molar-refractivity contribution in [1.82, 2.24) is 9.38 Å². The van der Waals surface area contributed by atoms with Gasteiger partial charge in [0.25, 0.3) is 5.56 Å². The first kappa shape index (κ1) is 12.9. The van der Waals surface area contributed by atoms with E-state index in [-0.39, 0.29) is 12.2 Å². The molecule has 0 saturated carbocycles. The second-order valence-corrected chi connectivity index (χ2v) is 4.89. The average Bonchev–Trinajstić information content (AvgIpc) is 2.83. The topological polar surface area (TPSA) is 83.5 Å². The van der Waals surface area contributed by atoms with Gasteiger partial charge in [-0.15, -0.1) is 0 Å². The van der Waals surface area contributed by atoms with Gasteiger partial charge in [0.15, 0.2) is 0 Å². The van der Waals surface area contributed by atoms with Crippen LogP contribution in [0.15, 0.2) is 29.1 Å². The van der Waals surface area contributed by atoms with Crippen LogP contribution in [-0.4, -0.2) is 21.1 Å². The Kier molecular flexibility index (Phi) is 3.08. The monoisotopic (exact) mass is 271 g/mol. The number of nitrogens with zero attached hydrogens (tertiary/aromatic N) is 1. The molecule has 0 aliphatic carbocycles. The molecule has 20 heavy (non-hydrogen) atoms. The molecule has 5 heteroatoms. The van der Waals surface area contributed by atoms with Gasteiger partial charge in [0.05, 0.1) is 11.0 Å². The summed E-state index contributed by atoms with van der Waals surface area (Å²) in [6, 6.07) is 7.66. The Balaban J connectivity index is 2.55. The molecule has 0 saturated heterocycles. The first-order valence-electron chi connectivity index (χ1n) is 6.63. The van der Waals surface area contributed by atoms with Crippen molar-refractivity contribution >= 4 is 16.7 Å². The average molecular weight is 271 g/mol. The number of para-hydroxylation sites is 2. The maximum Gasteiger partial charge on any atom is 0.260 e. The summed E-state index contributed by atoms with van der Waals surface area (Å²) in [4.78, 5) is 15.9. The number of pyridine rings is 1. The summed E-state index contributed by atoms with van der Waals surface area (Å²) >= 11 is 0. The van der Waals surface area contributed by atoms with Crippen LogP contribution in [0.1, 0.15) is 16.7 Å². The minimum Gasteiger partial charge on any atom is -0.396 e. The Morgan fingerprint density at radius 3 is 2.75 bits per heavy atom. The number of imidazole rings is 1. The molecular formula is C15H17N3O2. The molecule has 0 aliphatic heterocycles. The number of aromatic amines is 1. The number of H-pyrrole nitrogens is 1. The lowest BCUT2D eigenvalue weighted by molar-refractivity contribution is 0.299. The van der Waals surface area contributed by atoms with Crippen molar-refractivity contribution < 1.29 is 5.11 Å². The van der Waals surface area contributed by atoms with Crippen LogP contribution in [0.5, 0.6) is 0 Å². The molecule has 2 heterocycles. The van der Waals surface area contributed by atoms with Gasteiger partial charge in [-0.3, -0.25) is 9.20 Å². The van der Waals surface area contributed by atoms with E-state index in [2.05, 4.69) is 4.98 Å². The van der Waals surface area contributed by atoms with Gasteiger partial charge in [0, 0.05) is 30.7 Å². The highest BCUT2D eigenvalue weighted by molar-refractivity contribution is 5.81. The zero-order valence-electron chi connectivity index (χ0n) is 11.3. The summed E-state index contributed by atoms with van der Waals surface area (Å²) in [6.07, 6.45) is 0.347. The summed E-state index contributed by atoms with van der Waals surface area (Å²) < 4.78 is 1.66. The number of hydrogen-bond donors (Lipinski definition) is 3. The first-order valence-corrected chi connectivity index (χ1v) is 6.63. The number of rotatable bonds is 3. The van der Waals surface area contributed by atoms with Gasteiger partial charge in [-0.05, 0) is 24.6 Å². The molecule has 0 fully saturated rings. The number of fused-ring (bicyclic) bond motifs is 3. The van der Waals surface area contributed by atoms with Crippen LogP contribution in [0.3, 0.4) is 0 Å². The van der Waals surface area contributed by atoms with Gasteiger partial charge in [-0.2, -0.15) is 0 Å². The fourth-order valence-electron chi connectivity index (χ4n) is 2.81. The zero-order chi connectivity index (χ0) is 14.3. The Hall–Kier alpha value is -2.11. The van der Waals surface area contributed by atoms with E-state index >= 15 is 0 Å². The third-order valence-corrected chi connectivity index (χ3v) is 3.84. The maximum absolute atomic E-state index is 12.7. The molecule has 0 atom stereocenters. The van der Waals surface area contributed by atoms with Crippen LogP contribution in [0, 0.1) is 6.92 Å². The second kappa shape index (κ2) is 4.77. The van der Waals surface area contributed by atoms with E-state index < -0.39 is 0 Å². The number of benzene rings is 1. The van der Waals surface area contributed by atoms with Gasteiger partial charge in [0.1, 0.15) is 5.65 Å². The fourth-order valence-corrected chi connectivity index (χ4v) is 2.81. The quantitative estimate of drug-likeness (QED) is 0.666. The number of aliphatic hydroxyl groups is 1. The van der Waals surface area contributed by atoms with Crippen LogP contribution in [0.4, 0.5) is 0 Å². The second-order valence-electron chi connectivity index (χ2n) is 4.89. The summed E-state index contributed by atoms with van der Waals surface area (Å²) in [5, 5.41) is 9.18. The lowest BCUT2D eigenvalue weighted by atomic mass is 10.0. The van der Waals surface area contributed by atoms with E-state index in [9.17, 15) is 9.90 Å². The Morgan fingerprint density at radius 2 is 2.05 bits per heavy atom. The lowest BCUT2D eigenvalue weighted by Crippen LogP contribution is -2.23. The van der Waals surface area contributed by atoms with Gasteiger partial charge < -0.3 is 15.8 Å². The predicted molar refractivity (Wildman–Crippen MR) is 78.9 cm³/mol.